The average molecular weight is 204 g/mol. The zero-order valence-corrected chi connectivity index (χ0v) is 9.74. The van der Waals surface area contributed by atoms with Crippen molar-refractivity contribution in [3.63, 3.8) is 0 Å². The lowest BCUT2D eigenvalue weighted by Gasteiger charge is -2.35. The van der Waals surface area contributed by atoms with Crippen LogP contribution in [-0.4, -0.2) is 43.0 Å². The van der Waals surface area contributed by atoms with Gasteiger partial charge in [0.1, 0.15) is 0 Å². The standard InChI is InChI=1S/C13H20N2/c1-12-4-3-5-13(7-6-12)15-10-8-14(2)9-11-15/h3-4,6-7H,5,8-11H2,1-2H3. The molecule has 0 saturated carbocycles. The van der Waals surface area contributed by atoms with E-state index in [0.717, 1.165) is 6.42 Å². The smallest absolute Gasteiger partial charge is 0.0303 e. The second-order valence-electron chi connectivity index (χ2n) is 4.47. The summed E-state index contributed by atoms with van der Waals surface area (Å²) in [5, 5.41) is 0. The highest BCUT2D eigenvalue weighted by atomic mass is 15.2. The van der Waals surface area contributed by atoms with Gasteiger partial charge in [0.25, 0.3) is 0 Å². The van der Waals surface area contributed by atoms with Crippen molar-refractivity contribution < 1.29 is 0 Å². The number of piperazine rings is 1. The molecule has 1 aliphatic heterocycles. The second-order valence-corrected chi connectivity index (χ2v) is 4.47. The Morgan fingerprint density at radius 2 is 1.80 bits per heavy atom. The van der Waals surface area contributed by atoms with Crippen molar-refractivity contribution in [3.8, 4) is 0 Å². The molecule has 2 heteroatoms. The van der Waals surface area contributed by atoms with Crippen molar-refractivity contribution in [2.24, 2.45) is 0 Å². The van der Waals surface area contributed by atoms with Crippen LogP contribution in [0.25, 0.3) is 0 Å². The molecule has 0 aromatic rings. The van der Waals surface area contributed by atoms with Crippen molar-refractivity contribution in [1.29, 1.82) is 0 Å². The van der Waals surface area contributed by atoms with Crippen molar-refractivity contribution >= 4 is 0 Å². The third-order valence-electron chi connectivity index (χ3n) is 3.16. The number of hydrogen-bond donors (Lipinski definition) is 0. The minimum atomic E-state index is 1.08. The van der Waals surface area contributed by atoms with Gasteiger partial charge in [-0.15, -0.1) is 0 Å². The lowest BCUT2D eigenvalue weighted by atomic mass is 10.2. The van der Waals surface area contributed by atoms with E-state index in [-0.39, 0.29) is 0 Å². The van der Waals surface area contributed by atoms with Crippen LogP contribution in [0.15, 0.2) is 35.6 Å². The van der Waals surface area contributed by atoms with Crippen LogP contribution in [0.1, 0.15) is 13.3 Å². The van der Waals surface area contributed by atoms with Gasteiger partial charge < -0.3 is 9.80 Å². The number of likely N-dealkylation sites (N-methyl/N-ethyl adjacent to an activating group) is 1. The minimum absolute atomic E-state index is 1.08. The summed E-state index contributed by atoms with van der Waals surface area (Å²) in [5.74, 6) is 0. The van der Waals surface area contributed by atoms with Gasteiger partial charge in [-0.25, -0.2) is 0 Å². The summed E-state index contributed by atoms with van der Waals surface area (Å²) in [7, 11) is 2.20. The molecule has 1 fully saturated rings. The first-order valence-corrected chi connectivity index (χ1v) is 5.73. The fraction of sp³-hybridized carbons (Fsp3) is 0.538. The molecule has 82 valence electrons. The maximum absolute atomic E-state index is 2.51. The molecule has 1 aliphatic carbocycles. The molecular formula is C13H20N2. The summed E-state index contributed by atoms with van der Waals surface area (Å²) in [5.41, 5.74) is 2.82. The number of rotatable bonds is 1. The van der Waals surface area contributed by atoms with E-state index in [1.807, 2.05) is 0 Å². The third-order valence-corrected chi connectivity index (χ3v) is 3.16. The highest BCUT2D eigenvalue weighted by Gasteiger charge is 2.15. The van der Waals surface area contributed by atoms with Gasteiger partial charge in [0.2, 0.25) is 0 Å². The van der Waals surface area contributed by atoms with E-state index in [4.69, 9.17) is 0 Å². The van der Waals surface area contributed by atoms with Gasteiger partial charge in [-0.2, -0.15) is 0 Å². The van der Waals surface area contributed by atoms with E-state index in [0.29, 0.717) is 0 Å². The minimum Gasteiger partial charge on any atom is -0.372 e. The predicted molar refractivity (Wildman–Crippen MR) is 64.7 cm³/mol. The molecule has 0 amide bonds. The maximum Gasteiger partial charge on any atom is 0.0303 e. The lowest BCUT2D eigenvalue weighted by Crippen LogP contribution is -2.43. The number of allylic oxidation sites excluding steroid dienone is 5. The van der Waals surface area contributed by atoms with E-state index in [2.05, 4.69) is 48.1 Å². The molecule has 0 spiro atoms. The molecule has 0 atom stereocenters. The molecule has 0 unspecified atom stereocenters. The Morgan fingerprint density at radius 1 is 1.07 bits per heavy atom. The summed E-state index contributed by atoms with van der Waals surface area (Å²) in [4.78, 5) is 4.91. The van der Waals surface area contributed by atoms with Crippen LogP contribution in [-0.2, 0) is 0 Å². The Hall–Kier alpha value is -1.02. The van der Waals surface area contributed by atoms with E-state index in [1.54, 1.807) is 0 Å². The van der Waals surface area contributed by atoms with Gasteiger partial charge in [-0.1, -0.05) is 23.8 Å². The highest BCUT2D eigenvalue weighted by Crippen LogP contribution is 2.16. The molecule has 0 aromatic carbocycles. The average Bonchev–Trinajstić information content (AvgIpc) is 2.44. The SMILES string of the molecule is CC1=CC=C(N2CCN(C)CC2)CC=C1. The van der Waals surface area contributed by atoms with Crippen molar-refractivity contribution in [1.82, 2.24) is 9.80 Å². The molecule has 15 heavy (non-hydrogen) atoms. The molecule has 1 heterocycles. The van der Waals surface area contributed by atoms with E-state index in [9.17, 15) is 0 Å². The van der Waals surface area contributed by atoms with Crippen molar-refractivity contribution in [2.45, 2.75) is 13.3 Å². The van der Waals surface area contributed by atoms with E-state index >= 15 is 0 Å². The van der Waals surface area contributed by atoms with Gasteiger partial charge in [0, 0.05) is 38.3 Å². The summed E-state index contributed by atoms with van der Waals surface area (Å²) >= 11 is 0. The Kier molecular flexibility index (Phi) is 3.27. The number of nitrogens with zero attached hydrogens (tertiary/aromatic N) is 2. The second kappa shape index (κ2) is 4.67. The zero-order valence-electron chi connectivity index (χ0n) is 9.74. The first-order chi connectivity index (χ1) is 7.25. The van der Waals surface area contributed by atoms with Gasteiger partial charge in [0.05, 0.1) is 0 Å². The van der Waals surface area contributed by atoms with Crippen LogP contribution in [0.3, 0.4) is 0 Å². The molecule has 1 saturated heterocycles. The normalized spacial score (nSPS) is 23.5. The van der Waals surface area contributed by atoms with Crippen LogP contribution in [0.2, 0.25) is 0 Å². The largest absolute Gasteiger partial charge is 0.372 e. The van der Waals surface area contributed by atoms with E-state index < -0.39 is 0 Å². The van der Waals surface area contributed by atoms with Gasteiger partial charge >= 0.3 is 0 Å². The molecular weight excluding hydrogens is 184 g/mol. The summed E-state index contributed by atoms with van der Waals surface area (Å²) < 4.78 is 0. The molecule has 0 N–H and O–H groups in total. The first-order valence-electron chi connectivity index (χ1n) is 5.73. The fourth-order valence-electron chi connectivity index (χ4n) is 2.04. The lowest BCUT2D eigenvalue weighted by molar-refractivity contribution is 0.184. The molecule has 2 nitrogen and oxygen atoms in total. The zero-order chi connectivity index (χ0) is 10.7. The maximum atomic E-state index is 2.51. The van der Waals surface area contributed by atoms with Gasteiger partial charge in [0.15, 0.2) is 0 Å². The molecule has 0 radical (unpaired) electrons. The predicted octanol–water partition coefficient (Wildman–Crippen LogP) is 2.02. The fourth-order valence-corrected chi connectivity index (χ4v) is 2.04. The summed E-state index contributed by atoms with van der Waals surface area (Å²) in [6, 6.07) is 0. The Bertz CT molecular complexity index is 304. The van der Waals surface area contributed by atoms with Crippen LogP contribution >= 0.6 is 0 Å². The molecule has 2 aliphatic rings. The molecule has 0 bridgehead atoms. The third kappa shape index (κ3) is 2.72. The van der Waals surface area contributed by atoms with Crippen molar-refractivity contribution in [2.75, 3.05) is 33.2 Å². The summed E-state index contributed by atoms with van der Waals surface area (Å²) in [6.07, 6.45) is 10.1. The molecule has 0 aromatic heterocycles. The van der Waals surface area contributed by atoms with E-state index in [1.165, 1.54) is 37.4 Å². The van der Waals surface area contributed by atoms with Crippen LogP contribution in [0.5, 0.6) is 0 Å². The van der Waals surface area contributed by atoms with Crippen LogP contribution in [0.4, 0.5) is 0 Å². The topological polar surface area (TPSA) is 6.48 Å². The Labute approximate surface area is 92.6 Å². The van der Waals surface area contributed by atoms with Crippen LogP contribution in [0, 0.1) is 0 Å². The highest BCUT2D eigenvalue weighted by molar-refractivity contribution is 5.29. The van der Waals surface area contributed by atoms with Crippen LogP contribution < -0.4 is 0 Å². The monoisotopic (exact) mass is 204 g/mol. The van der Waals surface area contributed by atoms with Gasteiger partial charge in [-0.3, -0.25) is 0 Å². The van der Waals surface area contributed by atoms with Crippen molar-refractivity contribution in [3.05, 3.63) is 35.6 Å². The number of hydrogen-bond acceptors (Lipinski definition) is 2. The van der Waals surface area contributed by atoms with Gasteiger partial charge in [-0.05, 0) is 20.0 Å². The first kappa shape index (κ1) is 10.5. The molecule has 2 rings (SSSR count). The Balaban J connectivity index is 2.02. The Morgan fingerprint density at radius 3 is 2.53 bits per heavy atom. The quantitative estimate of drug-likeness (QED) is 0.645. The summed E-state index contributed by atoms with van der Waals surface area (Å²) in [6.45, 7) is 6.86.